The Balaban J connectivity index is 3.14. The summed E-state index contributed by atoms with van der Waals surface area (Å²) in [5.41, 5.74) is 0.230. The Morgan fingerprint density at radius 1 is 1.14 bits per heavy atom. The number of benzene rings is 1. The standard InChI is InChI=1S/C15H17NO5/c1-9(14(18)19)13(12(10(2)17)15(20)21)16-8-11-6-4-3-5-7-11/h3-7,9,16H,8H2,1-2H3,(H,18,19)(H,20,21)/b13-12-. The highest BCUT2D eigenvalue weighted by Gasteiger charge is 2.26. The summed E-state index contributed by atoms with van der Waals surface area (Å²) in [5, 5.41) is 21.0. The van der Waals surface area contributed by atoms with E-state index < -0.39 is 29.2 Å². The third kappa shape index (κ3) is 4.45. The van der Waals surface area contributed by atoms with Gasteiger partial charge in [0.05, 0.1) is 5.92 Å². The zero-order valence-corrected chi connectivity index (χ0v) is 11.8. The molecule has 112 valence electrons. The van der Waals surface area contributed by atoms with Crippen LogP contribution < -0.4 is 5.32 Å². The van der Waals surface area contributed by atoms with Crippen LogP contribution in [0, 0.1) is 5.92 Å². The lowest BCUT2D eigenvalue weighted by atomic mass is 9.99. The molecule has 21 heavy (non-hydrogen) atoms. The number of rotatable bonds is 7. The van der Waals surface area contributed by atoms with Gasteiger partial charge in [-0.2, -0.15) is 0 Å². The van der Waals surface area contributed by atoms with Crippen LogP contribution in [0.25, 0.3) is 0 Å². The summed E-state index contributed by atoms with van der Waals surface area (Å²) in [7, 11) is 0. The van der Waals surface area contributed by atoms with E-state index in [2.05, 4.69) is 5.32 Å². The van der Waals surface area contributed by atoms with Gasteiger partial charge in [-0.05, 0) is 19.4 Å². The Morgan fingerprint density at radius 2 is 1.71 bits per heavy atom. The van der Waals surface area contributed by atoms with Gasteiger partial charge in [-0.25, -0.2) is 4.79 Å². The minimum absolute atomic E-state index is 0.0913. The molecule has 0 aliphatic rings. The number of carboxylic acid groups (broad SMARTS) is 2. The van der Waals surface area contributed by atoms with Crippen LogP contribution in [0.4, 0.5) is 0 Å². The van der Waals surface area contributed by atoms with Crippen LogP contribution in [-0.2, 0) is 20.9 Å². The Kier molecular flexibility index (Phi) is 5.66. The fourth-order valence-corrected chi connectivity index (χ4v) is 1.83. The average molecular weight is 291 g/mol. The lowest BCUT2D eigenvalue weighted by molar-refractivity contribution is -0.140. The second-order valence-corrected chi connectivity index (χ2v) is 4.55. The molecule has 1 atom stereocenters. The van der Waals surface area contributed by atoms with Gasteiger partial charge >= 0.3 is 11.9 Å². The third-order valence-corrected chi connectivity index (χ3v) is 2.96. The highest BCUT2D eigenvalue weighted by molar-refractivity contribution is 6.16. The first-order chi connectivity index (χ1) is 9.84. The molecular weight excluding hydrogens is 274 g/mol. The fourth-order valence-electron chi connectivity index (χ4n) is 1.83. The molecular formula is C15H17NO5. The van der Waals surface area contributed by atoms with Gasteiger partial charge in [0, 0.05) is 12.2 Å². The second kappa shape index (κ2) is 7.23. The van der Waals surface area contributed by atoms with Crippen molar-refractivity contribution in [2.45, 2.75) is 20.4 Å². The molecule has 0 amide bonds. The quantitative estimate of drug-likeness (QED) is 0.399. The topological polar surface area (TPSA) is 104 Å². The molecule has 0 aliphatic heterocycles. The normalized spacial score (nSPS) is 13.0. The van der Waals surface area contributed by atoms with Crippen LogP contribution in [0.5, 0.6) is 0 Å². The van der Waals surface area contributed by atoms with Crippen LogP contribution in [0.3, 0.4) is 0 Å². The predicted molar refractivity (Wildman–Crippen MR) is 75.4 cm³/mol. The van der Waals surface area contributed by atoms with Crippen LogP contribution in [0.1, 0.15) is 19.4 Å². The summed E-state index contributed by atoms with van der Waals surface area (Å²) in [6.45, 7) is 2.67. The number of hydrogen-bond donors (Lipinski definition) is 3. The van der Waals surface area contributed by atoms with Crippen molar-refractivity contribution in [3.63, 3.8) is 0 Å². The number of carbonyl (C=O) groups excluding carboxylic acids is 1. The van der Waals surface area contributed by atoms with Gasteiger partial charge in [0.1, 0.15) is 5.57 Å². The van der Waals surface area contributed by atoms with Crippen molar-refractivity contribution in [2.24, 2.45) is 5.92 Å². The highest BCUT2D eigenvalue weighted by Crippen LogP contribution is 2.16. The minimum Gasteiger partial charge on any atom is -0.481 e. The number of carboxylic acids is 2. The van der Waals surface area contributed by atoms with Gasteiger partial charge in [0.2, 0.25) is 0 Å². The Labute approximate surface area is 122 Å². The molecule has 6 nitrogen and oxygen atoms in total. The van der Waals surface area contributed by atoms with Crippen LogP contribution in [-0.4, -0.2) is 27.9 Å². The zero-order chi connectivity index (χ0) is 16.0. The fraction of sp³-hybridized carbons (Fsp3) is 0.267. The lowest BCUT2D eigenvalue weighted by Gasteiger charge is -2.17. The van der Waals surface area contributed by atoms with Crippen LogP contribution in [0.15, 0.2) is 41.6 Å². The average Bonchev–Trinajstić information content (AvgIpc) is 2.42. The number of nitrogens with one attached hydrogen (secondary N) is 1. The minimum atomic E-state index is -1.44. The molecule has 1 aromatic carbocycles. The van der Waals surface area contributed by atoms with Crippen molar-refractivity contribution in [1.29, 1.82) is 0 Å². The maximum atomic E-state index is 11.5. The van der Waals surface area contributed by atoms with Crippen molar-refractivity contribution in [2.75, 3.05) is 0 Å². The monoisotopic (exact) mass is 291 g/mol. The Hall–Kier alpha value is -2.63. The molecule has 1 rings (SSSR count). The number of aliphatic carboxylic acids is 2. The van der Waals surface area contributed by atoms with E-state index in [0.717, 1.165) is 12.5 Å². The van der Waals surface area contributed by atoms with Crippen molar-refractivity contribution >= 4 is 17.7 Å². The van der Waals surface area contributed by atoms with E-state index in [9.17, 15) is 14.4 Å². The summed E-state index contributed by atoms with van der Waals surface area (Å²) in [6.07, 6.45) is 0. The molecule has 1 aromatic rings. The van der Waals surface area contributed by atoms with E-state index in [0.29, 0.717) is 0 Å². The molecule has 0 aliphatic carbocycles. The van der Waals surface area contributed by atoms with Gasteiger partial charge in [-0.3, -0.25) is 9.59 Å². The van der Waals surface area contributed by atoms with Gasteiger partial charge in [0.25, 0.3) is 0 Å². The molecule has 0 saturated heterocycles. The molecule has 0 saturated carbocycles. The number of Topliss-reactive ketones (excluding diaryl/α,β-unsaturated/α-hetero) is 1. The van der Waals surface area contributed by atoms with Gasteiger partial charge in [0.15, 0.2) is 5.78 Å². The summed E-state index contributed by atoms with van der Waals surface area (Å²) in [5.74, 6) is -4.45. The van der Waals surface area contributed by atoms with Crippen LogP contribution >= 0.6 is 0 Å². The molecule has 0 radical (unpaired) electrons. The largest absolute Gasteiger partial charge is 0.481 e. The second-order valence-electron chi connectivity index (χ2n) is 4.55. The Morgan fingerprint density at radius 3 is 2.14 bits per heavy atom. The molecule has 0 spiro atoms. The number of carbonyl (C=O) groups is 3. The lowest BCUT2D eigenvalue weighted by Crippen LogP contribution is -2.29. The first-order valence-corrected chi connectivity index (χ1v) is 6.33. The van der Waals surface area contributed by atoms with Crippen molar-refractivity contribution in [3.05, 3.63) is 47.2 Å². The molecule has 0 bridgehead atoms. The number of ketones is 1. The SMILES string of the molecule is CC(=O)/C(C(=O)O)=C(/NCc1ccccc1)C(C)C(=O)O. The molecule has 0 aromatic heterocycles. The maximum absolute atomic E-state index is 11.5. The van der Waals surface area contributed by atoms with Crippen LogP contribution in [0.2, 0.25) is 0 Å². The van der Waals surface area contributed by atoms with E-state index in [1.165, 1.54) is 6.92 Å². The molecule has 6 heteroatoms. The summed E-state index contributed by atoms with van der Waals surface area (Å²) in [6, 6.07) is 9.07. The maximum Gasteiger partial charge on any atom is 0.341 e. The summed E-state index contributed by atoms with van der Waals surface area (Å²) in [4.78, 5) is 33.8. The van der Waals surface area contributed by atoms with Crippen molar-refractivity contribution in [3.8, 4) is 0 Å². The van der Waals surface area contributed by atoms with Gasteiger partial charge in [-0.1, -0.05) is 30.3 Å². The molecule has 0 fully saturated rings. The van der Waals surface area contributed by atoms with E-state index in [1.54, 1.807) is 0 Å². The van der Waals surface area contributed by atoms with Gasteiger partial charge in [-0.15, -0.1) is 0 Å². The van der Waals surface area contributed by atoms with E-state index >= 15 is 0 Å². The van der Waals surface area contributed by atoms with E-state index in [4.69, 9.17) is 10.2 Å². The third-order valence-electron chi connectivity index (χ3n) is 2.96. The first kappa shape index (κ1) is 16.4. The van der Waals surface area contributed by atoms with Gasteiger partial charge < -0.3 is 15.5 Å². The first-order valence-electron chi connectivity index (χ1n) is 6.33. The molecule has 3 N–H and O–H groups in total. The number of hydrogen-bond acceptors (Lipinski definition) is 4. The summed E-state index contributed by atoms with van der Waals surface area (Å²) < 4.78 is 0. The van der Waals surface area contributed by atoms with Crippen molar-refractivity contribution in [1.82, 2.24) is 5.32 Å². The Bertz CT molecular complexity index is 561. The highest BCUT2D eigenvalue weighted by atomic mass is 16.4. The summed E-state index contributed by atoms with van der Waals surface area (Å²) >= 11 is 0. The molecule has 1 unspecified atom stereocenters. The molecule has 0 heterocycles. The van der Waals surface area contributed by atoms with E-state index in [1.807, 2.05) is 30.3 Å². The predicted octanol–water partition coefficient (Wildman–Crippen LogP) is 1.42. The van der Waals surface area contributed by atoms with E-state index in [-0.39, 0.29) is 12.2 Å². The van der Waals surface area contributed by atoms with Crippen molar-refractivity contribution < 1.29 is 24.6 Å². The zero-order valence-electron chi connectivity index (χ0n) is 11.8. The smallest absolute Gasteiger partial charge is 0.341 e.